The Labute approximate surface area is 117 Å². The van der Waals surface area contributed by atoms with Crippen LogP contribution in [0.25, 0.3) is 0 Å². The third-order valence-corrected chi connectivity index (χ3v) is 2.54. The summed E-state index contributed by atoms with van der Waals surface area (Å²) in [5.74, 6) is -1.28. The maximum atomic E-state index is 11.7. The van der Waals surface area contributed by atoms with Crippen LogP contribution in [0.3, 0.4) is 0 Å². The van der Waals surface area contributed by atoms with Crippen LogP contribution in [0.15, 0.2) is 24.3 Å². The number of nitrogens with one attached hydrogen (secondary N) is 1. The fourth-order valence-electron chi connectivity index (χ4n) is 1.41. The molecule has 0 fully saturated rings. The largest absolute Gasteiger partial charge is 0.456 e. The van der Waals surface area contributed by atoms with Gasteiger partial charge in [0.2, 0.25) is 5.91 Å². The minimum atomic E-state index is -0.532. The lowest BCUT2D eigenvalue weighted by atomic mass is 10.2. The number of ether oxygens (including phenoxy) is 1. The summed E-state index contributed by atoms with van der Waals surface area (Å²) >= 11 is 0. The molecule has 6 nitrogen and oxygen atoms in total. The molecule has 0 heterocycles. The van der Waals surface area contributed by atoms with Gasteiger partial charge in [0.15, 0.2) is 6.61 Å². The summed E-state index contributed by atoms with van der Waals surface area (Å²) < 4.78 is 4.58. The number of hydrogen-bond donors (Lipinski definition) is 1. The number of rotatable bonds is 5. The van der Waals surface area contributed by atoms with Crippen molar-refractivity contribution in [2.45, 2.75) is 13.8 Å². The molecule has 20 heavy (non-hydrogen) atoms. The number of likely N-dealkylation sites (N-methyl/N-ethyl adjacent to an activating group) is 1. The number of carbonyl (C=O) groups is 3. The molecule has 1 aromatic carbocycles. The van der Waals surface area contributed by atoms with Crippen LogP contribution in [-0.2, 0) is 19.1 Å². The van der Waals surface area contributed by atoms with Gasteiger partial charge < -0.3 is 15.0 Å². The molecule has 0 aliphatic heterocycles. The van der Waals surface area contributed by atoms with E-state index < -0.39 is 11.9 Å². The molecule has 0 radical (unpaired) electrons. The second-order valence-corrected chi connectivity index (χ2v) is 4.44. The van der Waals surface area contributed by atoms with Gasteiger partial charge in [-0.3, -0.25) is 14.4 Å². The van der Waals surface area contributed by atoms with Crippen molar-refractivity contribution in [1.82, 2.24) is 4.90 Å². The summed E-state index contributed by atoms with van der Waals surface area (Å²) in [5.41, 5.74) is 1.76. The van der Waals surface area contributed by atoms with Crippen LogP contribution in [0.2, 0.25) is 0 Å². The van der Waals surface area contributed by atoms with Crippen molar-refractivity contribution in [3.63, 3.8) is 0 Å². The zero-order valence-corrected chi connectivity index (χ0v) is 11.8. The van der Waals surface area contributed by atoms with Crippen molar-refractivity contribution in [1.29, 1.82) is 0 Å². The lowest BCUT2D eigenvalue weighted by molar-refractivity contribution is -0.150. The van der Waals surface area contributed by atoms with Crippen LogP contribution in [-0.4, -0.2) is 42.9 Å². The van der Waals surface area contributed by atoms with E-state index in [0.29, 0.717) is 5.69 Å². The Morgan fingerprint density at radius 3 is 2.35 bits per heavy atom. The molecular weight excluding hydrogens is 260 g/mol. The predicted octanol–water partition coefficient (Wildman–Crippen LogP) is 0.955. The van der Waals surface area contributed by atoms with Gasteiger partial charge in [-0.25, -0.2) is 0 Å². The van der Waals surface area contributed by atoms with E-state index in [-0.39, 0.29) is 19.1 Å². The topological polar surface area (TPSA) is 75.7 Å². The molecular formula is C14H18N2O4. The molecule has 1 aromatic rings. The maximum absolute atomic E-state index is 11.7. The second kappa shape index (κ2) is 7.28. The molecule has 108 valence electrons. The molecule has 1 N–H and O–H groups in total. The Kier molecular flexibility index (Phi) is 5.71. The van der Waals surface area contributed by atoms with E-state index in [1.165, 1.54) is 18.9 Å². The Balaban J connectivity index is 2.43. The summed E-state index contributed by atoms with van der Waals surface area (Å²) in [6.45, 7) is 2.71. The Morgan fingerprint density at radius 1 is 1.20 bits per heavy atom. The Hall–Kier alpha value is -2.37. The third-order valence-electron chi connectivity index (χ3n) is 2.54. The zero-order chi connectivity index (χ0) is 15.1. The van der Waals surface area contributed by atoms with Crippen LogP contribution in [0.5, 0.6) is 0 Å². The van der Waals surface area contributed by atoms with Crippen molar-refractivity contribution in [2.24, 2.45) is 0 Å². The van der Waals surface area contributed by atoms with Gasteiger partial charge in [-0.2, -0.15) is 0 Å². The first-order valence-electron chi connectivity index (χ1n) is 6.12. The highest BCUT2D eigenvalue weighted by molar-refractivity contribution is 5.94. The Morgan fingerprint density at radius 2 is 1.80 bits per heavy atom. The molecule has 6 heteroatoms. The van der Waals surface area contributed by atoms with Crippen LogP contribution in [0.4, 0.5) is 5.69 Å². The SMILES string of the molecule is CC(=O)OCC(=O)N(C)CC(=O)Nc1ccc(C)cc1. The highest BCUT2D eigenvalue weighted by atomic mass is 16.5. The number of benzene rings is 1. The summed E-state index contributed by atoms with van der Waals surface area (Å²) in [7, 11) is 1.47. The van der Waals surface area contributed by atoms with E-state index >= 15 is 0 Å². The second-order valence-electron chi connectivity index (χ2n) is 4.44. The minimum Gasteiger partial charge on any atom is -0.456 e. The van der Waals surface area contributed by atoms with Crippen molar-refractivity contribution in [3.8, 4) is 0 Å². The Bertz CT molecular complexity index is 496. The smallest absolute Gasteiger partial charge is 0.303 e. The van der Waals surface area contributed by atoms with Crippen molar-refractivity contribution < 1.29 is 19.1 Å². The van der Waals surface area contributed by atoms with Crippen molar-refractivity contribution in [2.75, 3.05) is 25.5 Å². The van der Waals surface area contributed by atoms with Crippen LogP contribution in [0.1, 0.15) is 12.5 Å². The summed E-state index contributed by atoms with van der Waals surface area (Å²) in [5, 5.41) is 2.68. The van der Waals surface area contributed by atoms with Gasteiger partial charge in [0.05, 0.1) is 6.54 Å². The number of amides is 2. The number of nitrogens with zero attached hydrogens (tertiary/aromatic N) is 1. The highest BCUT2D eigenvalue weighted by Crippen LogP contribution is 2.08. The average Bonchev–Trinajstić information content (AvgIpc) is 2.38. The quantitative estimate of drug-likeness (QED) is 0.814. The molecule has 0 aliphatic rings. The number of anilines is 1. The van der Waals surface area contributed by atoms with Gasteiger partial charge in [0.25, 0.3) is 5.91 Å². The van der Waals surface area contributed by atoms with E-state index in [9.17, 15) is 14.4 Å². The van der Waals surface area contributed by atoms with Crippen molar-refractivity contribution in [3.05, 3.63) is 29.8 Å². The van der Waals surface area contributed by atoms with Gasteiger partial charge in [-0.05, 0) is 19.1 Å². The lowest BCUT2D eigenvalue weighted by Gasteiger charge is -2.16. The summed E-state index contributed by atoms with van der Waals surface area (Å²) in [6.07, 6.45) is 0. The molecule has 0 saturated carbocycles. The standard InChI is InChI=1S/C14H18N2O4/c1-10-4-6-12(7-5-10)15-13(18)8-16(3)14(19)9-20-11(2)17/h4-7H,8-9H2,1-3H3,(H,15,18). The van der Waals surface area contributed by atoms with Gasteiger partial charge in [0.1, 0.15) is 0 Å². The molecule has 0 bridgehead atoms. The fraction of sp³-hybridized carbons (Fsp3) is 0.357. The minimum absolute atomic E-state index is 0.103. The first kappa shape index (κ1) is 15.7. The van der Waals surface area contributed by atoms with E-state index in [2.05, 4.69) is 10.1 Å². The van der Waals surface area contributed by atoms with E-state index in [0.717, 1.165) is 5.56 Å². The molecule has 0 aromatic heterocycles. The van der Waals surface area contributed by atoms with Crippen LogP contribution in [0, 0.1) is 6.92 Å². The van der Waals surface area contributed by atoms with Gasteiger partial charge >= 0.3 is 5.97 Å². The number of aryl methyl sites for hydroxylation is 1. The molecule has 0 saturated heterocycles. The normalized spacial score (nSPS) is 9.75. The van der Waals surface area contributed by atoms with Crippen molar-refractivity contribution >= 4 is 23.5 Å². The van der Waals surface area contributed by atoms with E-state index in [1.54, 1.807) is 12.1 Å². The van der Waals surface area contributed by atoms with Crippen LogP contribution < -0.4 is 5.32 Å². The molecule has 0 spiro atoms. The molecule has 1 rings (SSSR count). The maximum Gasteiger partial charge on any atom is 0.303 e. The monoisotopic (exact) mass is 278 g/mol. The molecule has 0 unspecified atom stereocenters. The van der Waals surface area contributed by atoms with Crippen LogP contribution >= 0.6 is 0 Å². The number of hydrogen-bond acceptors (Lipinski definition) is 4. The van der Waals surface area contributed by atoms with E-state index in [4.69, 9.17) is 0 Å². The molecule has 0 aliphatic carbocycles. The average molecular weight is 278 g/mol. The van der Waals surface area contributed by atoms with Gasteiger partial charge in [-0.1, -0.05) is 17.7 Å². The fourth-order valence-corrected chi connectivity index (χ4v) is 1.41. The number of carbonyl (C=O) groups excluding carboxylic acids is 3. The first-order chi connectivity index (χ1) is 9.38. The summed E-state index contributed by atoms with van der Waals surface area (Å²) in [4.78, 5) is 35.1. The van der Waals surface area contributed by atoms with Gasteiger partial charge in [0, 0.05) is 19.7 Å². The highest BCUT2D eigenvalue weighted by Gasteiger charge is 2.14. The predicted molar refractivity (Wildman–Crippen MR) is 74.1 cm³/mol. The summed E-state index contributed by atoms with van der Waals surface area (Å²) in [6, 6.07) is 7.33. The lowest BCUT2D eigenvalue weighted by Crippen LogP contribution is -2.37. The number of esters is 1. The molecule has 0 atom stereocenters. The van der Waals surface area contributed by atoms with Gasteiger partial charge in [-0.15, -0.1) is 0 Å². The first-order valence-corrected chi connectivity index (χ1v) is 6.12. The third kappa shape index (κ3) is 5.51. The van der Waals surface area contributed by atoms with E-state index in [1.807, 2.05) is 19.1 Å². The molecule has 2 amide bonds. The zero-order valence-electron chi connectivity index (χ0n) is 11.8.